The highest BCUT2D eigenvalue weighted by Crippen LogP contribution is 2.44. The maximum Gasteiger partial charge on any atom is 0.302 e. The summed E-state index contributed by atoms with van der Waals surface area (Å²) in [6, 6.07) is 36.1. The normalized spacial score (nSPS) is 21.6. The zero-order valence-electron chi connectivity index (χ0n) is 27.6. The summed E-state index contributed by atoms with van der Waals surface area (Å²) in [5.74, 6) is -0.873. The molecule has 1 amide bonds. The van der Waals surface area contributed by atoms with Crippen molar-refractivity contribution in [2.75, 3.05) is 13.7 Å². The summed E-state index contributed by atoms with van der Waals surface area (Å²) >= 11 is 18.4. The number of piperidine rings is 1. The van der Waals surface area contributed by atoms with Crippen molar-refractivity contribution in [1.29, 1.82) is 0 Å². The molecule has 0 unspecified atom stereocenters. The second-order valence-electron chi connectivity index (χ2n) is 12.5. The Morgan fingerprint density at radius 1 is 0.900 bits per heavy atom. The molecule has 260 valence electrons. The number of halogens is 3. The number of ether oxygens (including phenoxy) is 2. The molecule has 1 N–H and O–H groups in total. The summed E-state index contributed by atoms with van der Waals surface area (Å²) in [4.78, 5) is 34.7. The molecule has 50 heavy (non-hydrogen) atoms. The first-order valence-corrected chi connectivity index (χ1v) is 17.6. The minimum absolute atomic E-state index is 0.295. The fraction of sp³-hybridized carbons (Fsp3) is 0.308. The molecule has 6 rings (SSSR count). The lowest BCUT2D eigenvalue weighted by Gasteiger charge is -2.49. The maximum atomic E-state index is 13.4. The van der Waals surface area contributed by atoms with E-state index in [1.807, 2.05) is 103 Å². The first-order chi connectivity index (χ1) is 24.1. The number of carbonyl (C=O) groups excluding carboxylic acids is 2. The highest BCUT2D eigenvalue weighted by molar-refractivity contribution is 6.76. The summed E-state index contributed by atoms with van der Waals surface area (Å²) in [5, 5.41) is 7.80. The number of oxime groups is 1. The van der Waals surface area contributed by atoms with Crippen LogP contribution in [0.15, 0.2) is 120 Å². The Balaban J connectivity index is 1.51. The van der Waals surface area contributed by atoms with E-state index in [1.54, 1.807) is 7.11 Å². The van der Waals surface area contributed by atoms with Crippen LogP contribution >= 0.6 is 34.8 Å². The van der Waals surface area contributed by atoms with Crippen molar-refractivity contribution in [2.24, 2.45) is 11.1 Å². The number of likely N-dealkylation sites (tertiary alicyclic amines) is 1. The third-order valence-corrected chi connectivity index (χ3v) is 9.77. The molecule has 4 aromatic carbocycles. The molecule has 6 atom stereocenters. The Kier molecular flexibility index (Phi) is 11.3. The molecule has 1 saturated heterocycles. The van der Waals surface area contributed by atoms with Crippen molar-refractivity contribution in [3.8, 4) is 5.75 Å². The van der Waals surface area contributed by atoms with Crippen LogP contribution in [0.4, 0.5) is 0 Å². The van der Waals surface area contributed by atoms with Crippen LogP contribution in [-0.2, 0) is 32.0 Å². The molecule has 2 heterocycles. The Bertz CT molecular complexity index is 1770. The van der Waals surface area contributed by atoms with Gasteiger partial charge in [-0.3, -0.25) is 14.5 Å². The molecule has 0 spiro atoms. The smallest absolute Gasteiger partial charge is 0.302 e. The van der Waals surface area contributed by atoms with E-state index in [1.165, 1.54) is 6.92 Å². The second kappa shape index (κ2) is 15.9. The molecule has 11 heteroatoms. The summed E-state index contributed by atoms with van der Waals surface area (Å²) in [5.41, 5.74) is 4.61. The van der Waals surface area contributed by atoms with Crippen molar-refractivity contribution >= 4 is 52.4 Å². The van der Waals surface area contributed by atoms with Gasteiger partial charge in [0.1, 0.15) is 11.9 Å². The van der Waals surface area contributed by atoms with Gasteiger partial charge in [-0.1, -0.05) is 143 Å². The molecule has 2 aliphatic heterocycles. The molecule has 4 aromatic rings. The number of nitrogens with one attached hydrogen (secondary N) is 1. The van der Waals surface area contributed by atoms with Crippen molar-refractivity contribution < 1.29 is 23.9 Å². The molecular formula is C39H38Cl3N3O5. The Hall–Kier alpha value is -4.08. The standard InChI is InChI=1S/C39H38Cl3N3O5/c1-25(46)49-33(23-27-14-8-4-9-15-27)36(28-18-20-30(48-2)21-19-28)45-24-31(43-38(47)39(40,41)42)34-35(32(45)22-26-12-6-3-7-13-26)44-50-37(34)29-16-10-5-11-17-29/h3-21,31-34,36-37H,22-24H2,1-2H3,(H,43,47)/t31-,32+,33+,34-,36-,37+/m1/s1. The van der Waals surface area contributed by atoms with Crippen molar-refractivity contribution in [2.45, 2.75) is 53.9 Å². The zero-order chi connectivity index (χ0) is 35.3. The van der Waals surface area contributed by atoms with Gasteiger partial charge >= 0.3 is 5.97 Å². The van der Waals surface area contributed by atoms with Gasteiger partial charge in [0, 0.05) is 19.9 Å². The Labute approximate surface area is 307 Å². The van der Waals surface area contributed by atoms with Gasteiger partial charge in [0.2, 0.25) is 0 Å². The van der Waals surface area contributed by atoms with Gasteiger partial charge < -0.3 is 19.6 Å². The van der Waals surface area contributed by atoms with Crippen molar-refractivity contribution in [1.82, 2.24) is 10.2 Å². The number of rotatable bonds is 11. The van der Waals surface area contributed by atoms with Crippen LogP contribution in [0.3, 0.4) is 0 Å². The Morgan fingerprint density at radius 3 is 2.08 bits per heavy atom. The van der Waals surface area contributed by atoms with Crippen LogP contribution in [0.5, 0.6) is 5.75 Å². The van der Waals surface area contributed by atoms with Gasteiger partial charge in [-0.05, 0) is 40.8 Å². The average Bonchev–Trinajstić information content (AvgIpc) is 3.56. The number of hydrogen-bond donors (Lipinski definition) is 1. The minimum atomic E-state index is -2.20. The molecule has 0 bridgehead atoms. The van der Waals surface area contributed by atoms with Crippen LogP contribution in [0.2, 0.25) is 0 Å². The van der Waals surface area contributed by atoms with Crippen LogP contribution in [0.1, 0.15) is 41.3 Å². The number of esters is 1. The lowest BCUT2D eigenvalue weighted by molar-refractivity contribution is -0.150. The number of hydrogen-bond acceptors (Lipinski definition) is 7. The predicted octanol–water partition coefficient (Wildman–Crippen LogP) is 7.44. The third kappa shape index (κ3) is 8.27. The Morgan fingerprint density at radius 2 is 1.50 bits per heavy atom. The highest BCUT2D eigenvalue weighted by atomic mass is 35.6. The molecule has 1 fully saturated rings. The summed E-state index contributed by atoms with van der Waals surface area (Å²) < 4.78 is 9.52. The quantitative estimate of drug-likeness (QED) is 0.127. The molecule has 8 nitrogen and oxygen atoms in total. The van der Waals surface area contributed by atoms with E-state index in [0.29, 0.717) is 25.1 Å². The van der Waals surface area contributed by atoms with E-state index in [9.17, 15) is 9.59 Å². The lowest BCUT2D eigenvalue weighted by atomic mass is 9.76. The highest BCUT2D eigenvalue weighted by Gasteiger charge is 2.53. The van der Waals surface area contributed by atoms with E-state index >= 15 is 0 Å². The number of benzene rings is 4. The van der Waals surface area contributed by atoms with E-state index in [4.69, 9.17) is 54.3 Å². The number of methoxy groups -OCH3 is 1. The number of fused-ring (bicyclic) bond motifs is 1. The van der Waals surface area contributed by atoms with Crippen LogP contribution in [0.25, 0.3) is 0 Å². The average molecular weight is 735 g/mol. The molecule has 0 aromatic heterocycles. The van der Waals surface area contributed by atoms with Crippen LogP contribution in [0, 0.1) is 5.92 Å². The van der Waals surface area contributed by atoms with E-state index in [0.717, 1.165) is 28.0 Å². The topological polar surface area (TPSA) is 89.5 Å². The monoisotopic (exact) mass is 733 g/mol. The molecule has 2 aliphatic rings. The fourth-order valence-electron chi connectivity index (χ4n) is 7.10. The predicted molar refractivity (Wildman–Crippen MR) is 195 cm³/mol. The van der Waals surface area contributed by atoms with Crippen LogP contribution in [-0.4, -0.2) is 58.1 Å². The lowest BCUT2D eigenvalue weighted by Crippen LogP contribution is -2.64. The molecular weight excluding hydrogens is 697 g/mol. The van der Waals surface area contributed by atoms with Gasteiger partial charge in [-0.25, -0.2) is 0 Å². The number of nitrogens with zero attached hydrogens (tertiary/aromatic N) is 2. The van der Waals surface area contributed by atoms with Crippen molar-refractivity contribution in [3.63, 3.8) is 0 Å². The molecule has 0 aliphatic carbocycles. The molecule has 0 radical (unpaired) electrons. The first kappa shape index (κ1) is 35.7. The zero-order valence-corrected chi connectivity index (χ0v) is 29.9. The summed E-state index contributed by atoms with van der Waals surface area (Å²) in [6.45, 7) is 1.71. The number of alkyl halides is 3. The van der Waals surface area contributed by atoms with E-state index in [2.05, 4.69) is 22.3 Å². The molecule has 0 saturated carbocycles. The van der Waals surface area contributed by atoms with Gasteiger partial charge in [-0.15, -0.1) is 0 Å². The third-order valence-electron chi connectivity index (χ3n) is 9.26. The SMILES string of the molecule is COc1ccc([C@H]([C@H](Cc2ccccc2)OC(C)=O)N2C[C@@H](NC(=O)C(Cl)(Cl)Cl)[C@@H]3C(=NO[C@H]3c3ccccc3)[C@@H]2Cc2ccccc2)cc1. The van der Waals surface area contributed by atoms with Gasteiger partial charge in [-0.2, -0.15) is 0 Å². The summed E-state index contributed by atoms with van der Waals surface area (Å²) in [6.07, 6.45) is -0.150. The minimum Gasteiger partial charge on any atom is -0.497 e. The van der Waals surface area contributed by atoms with Gasteiger partial charge in [0.15, 0.2) is 6.10 Å². The van der Waals surface area contributed by atoms with E-state index in [-0.39, 0.29) is 6.04 Å². The maximum absolute atomic E-state index is 13.4. The van der Waals surface area contributed by atoms with Crippen LogP contribution < -0.4 is 10.1 Å². The van der Waals surface area contributed by atoms with Gasteiger partial charge in [0.05, 0.1) is 36.9 Å². The fourth-order valence-corrected chi connectivity index (χ4v) is 7.26. The second-order valence-corrected chi connectivity index (χ2v) is 14.8. The summed E-state index contributed by atoms with van der Waals surface area (Å²) in [7, 11) is 1.61. The number of amides is 1. The largest absolute Gasteiger partial charge is 0.497 e. The van der Waals surface area contributed by atoms with Gasteiger partial charge in [0.25, 0.3) is 9.70 Å². The van der Waals surface area contributed by atoms with E-state index < -0.39 is 45.9 Å². The van der Waals surface area contributed by atoms with Crippen molar-refractivity contribution in [3.05, 3.63) is 138 Å². The number of carbonyl (C=O) groups is 2. The first-order valence-electron chi connectivity index (χ1n) is 16.4.